The molecule has 0 saturated carbocycles. The number of carboxylic acid groups (broad SMARTS) is 2. The number of allylic oxidation sites excluding steroid dienone is 6. The van der Waals surface area contributed by atoms with Crippen molar-refractivity contribution >= 4 is 69.0 Å². The maximum absolute atomic E-state index is 12.7. The van der Waals surface area contributed by atoms with Gasteiger partial charge >= 0.3 is 11.9 Å². The van der Waals surface area contributed by atoms with E-state index in [2.05, 4.69) is 121 Å². The molecule has 0 fully saturated rings. The van der Waals surface area contributed by atoms with Crippen LogP contribution in [0.25, 0.3) is 22.3 Å². The second kappa shape index (κ2) is 36.9. The molecule has 2 amide bonds. The maximum Gasteiger partial charge on any atom is 0.326 e. The summed E-state index contributed by atoms with van der Waals surface area (Å²) in [5, 5.41) is 29.8. The summed E-state index contributed by atoms with van der Waals surface area (Å²) < 4.78 is 0. The third-order valence-electron chi connectivity index (χ3n) is 13.7. The number of nitrogens with zero attached hydrogens (tertiary/aromatic N) is 6. The van der Waals surface area contributed by atoms with E-state index in [-0.39, 0.29) is 101 Å². The molecule has 0 saturated heterocycles. The molecule has 6 aromatic rings. The largest absolute Gasteiger partial charge is 0.481 e. The Labute approximate surface area is 520 Å². The van der Waals surface area contributed by atoms with E-state index in [0.29, 0.717) is 52.9 Å². The number of rotatable bonds is 31. The zero-order valence-corrected chi connectivity index (χ0v) is 53.6. The molecule has 0 bridgehead atoms. The van der Waals surface area contributed by atoms with E-state index in [1.165, 1.54) is 62.1 Å². The lowest BCUT2D eigenvalue weighted by atomic mass is 9.98. The van der Waals surface area contributed by atoms with Crippen molar-refractivity contribution in [3.8, 4) is 0 Å². The van der Waals surface area contributed by atoms with Gasteiger partial charge in [0.1, 0.15) is 23.5 Å². The Morgan fingerprint density at radius 3 is 1.39 bits per heavy atom. The third kappa shape index (κ3) is 27.2. The van der Waals surface area contributed by atoms with E-state index >= 15 is 0 Å². The van der Waals surface area contributed by atoms with Crippen molar-refractivity contribution in [2.45, 2.75) is 185 Å². The number of fused-ring (bicyclic) bond motifs is 2. The monoisotopic (exact) mass is 1220 g/mol. The number of aryl methyl sites for hydroxylation is 2. The van der Waals surface area contributed by atoms with Gasteiger partial charge in [0.2, 0.25) is 0 Å². The van der Waals surface area contributed by atoms with Crippen LogP contribution >= 0.6 is 0 Å². The van der Waals surface area contributed by atoms with Gasteiger partial charge in [-0.2, -0.15) is 0 Å². The molecular formula is C67H90N12O10. The van der Waals surface area contributed by atoms with Crippen LogP contribution in [0.3, 0.4) is 0 Å². The summed E-state index contributed by atoms with van der Waals surface area (Å²) >= 11 is 0. The van der Waals surface area contributed by atoms with Gasteiger partial charge in [-0.3, -0.25) is 33.6 Å². The van der Waals surface area contributed by atoms with E-state index in [1.807, 2.05) is 27.7 Å². The molecule has 0 radical (unpaired) electrons. The van der Waals surface area contributed by atoms with Gasteiger partial charge in [-0.1, -0.05) is 76.5 Å². The van der Waals surface area contributed by atoms with Crippen molar-refractivity contribution in [1.29, 1.82) is 0 Å². The average molecular weight is 1220 g/mol. The van der Waals surface area contributed by atoms with E-state index in [0.717, 1.165) is 5.92 Å². The number of carboxylic acids is 2. The highest BCUT2D eigenvalue weighted by molar-refractivity contribution is 5.98. The summed E-state index contributed by atoms with van der Waals surface area (Å²) in [4.78, 5) is 127. The lowest BCUT2D eigenvalue weighted by Crippen LogP contribution is -2.41. The van der Waals surface area contributed by atoms with Gasteiger partial charge in [-0.25, -0.2) is 34.7 Å². The summed E-state index contributed by atoms with van der Waals surface area (Å²) in [6, 6.07) is 11.0. The molecule has 0 aliphatic carbocycles. The number of amides is 2. The van der Waals surface area contributed by atoms with E-state index in [4.69, 9.17) is 5.11 Å². The Morgan fingerprint density at radius 1 is 0.528 bits per heavy atom. The lowest BCUT2D eigenvalue weighted by molar-refractivity contribution is -0.140. The molecule has 0 spiro atoms. The Bertz CT molecular complexity index is 3570. The second-order valence-electron chi connectivity index (χ2n) is 23.7. The fourth-order valence-corrected chi connectivity index (χ4v) is 8.89. The van der Waals surface area contributed by atoms with Crippen molar-refractivity contribution in [1.82, 2.24) is 50.5 Å². The molecule has 89 heavy (non-hydrogen) atoms. The topological polar surface area (TPSA) is 334 Å². The molecule has 0 aliphatic heterocycles. The number of carbonyl (C=O) groups is 6. The standard InChI is InChI=1S/2C24H28N6O5.C19H34/c1-13(2)10-19(31)18(8-9-20(32)33)30-23(34)15-4-6-16(7-5-15)25-11-17-12-26-22-21(29-17)24(35)28-14(3)27-22;1-13(2)10-18(31)8-9-19(24(34)35)30-22(32)15-4-6-16(7-5-15)25-11-17-12-26-21-20(29-17)23(33)28-14(3)27-21;1-16(2)10-7-12-18(5)14-9-15-19(6)13-8-11-17(3)4/h4-7,12-13,18,25H,8-11H2,1-3H3,(H,30,34)(H,32,33)(H,26,27,28,35);4-7,12-13,19,25H,8-11H2,1-3H3,(H,30,32)(H,34,35)(H,26,27,28,33);10,13-14,17H,7-9,11-12,15H2,1-6H3/b;;18-14+,19-13+. The molecule has 4 heterocycles. The number of hydrogen-bond acceptors (Lipinski definition) is 16. The summed E-state index contributed by atoms with van der Waals surface area (Å²) in [5.41, 5.74) is 7.75. The predicted molar refractivity (Wildman–Crippen MR) is 348 cm³/mol. The normalized spacial score (nSPS) is 12.1. The van der Waals surface area contributed by atoms with Crippen molar-refractivity contribution < 1.29 is 39.0 Å². The highest BCUT2D eigenvalue weighted by Crippen LogP contribution is 2.18. The van der Waals surface area contributed by atoms with Gasteiger partial charge in [0.15, 0.2) is 28.1 Å². The van der Waals surface area contributed by atoms with Crippen LogP contribution in [0.4, 0.5) is 11.4 Å². The number of aliphatic carboxylic acids is 2. The number of nitrogens with one attached hydrogen (secondary N) is 6. The number of hydrogen-bond donors (Lipinski definition) is 8. The zero-order valence-electron chi connectivity index (χ0n) is 53.6. The molecule has 0 aliphatic rings. The fraction of sp³-hybridized carbons (Fsp3) is 0.463. The number of H-pyrrole nitrogens is 2. The fourth-order valence-electron chi connectivity index (χ4n) is 8.89. The van der Waals surface area contributed by atoms with Crippen molar-refractivity contribution in [2.75, 3.05) is 10.6 Å². The number of anilines is 2. The molecule has 4 aromatic heterocycles. The minimum atomic E-state index is -1.19. The smallest absolute Gasteiger partial charge is 0.326 e. The van der Waals surface area contributed by atoms with E-state index in [9.17, 15) is 43.5 Å². The number of aromatic amines is 2. The minimum absolute atomic E-state index is 0.0250. The predicted octanol–water partition coefficient (Wildman–Crippen LogP) is 11.3. The SMILES string of the molecule is CC(C)=CCC/C(C)=C/CC/C(C)=C/CCC(C)C.Cc1nc2ncc(CNc3ccc(C(=O)NC(CCC(=O)CC(C)C)C(=O)O)cc3)nc2c(=O)[nH]1.Cc1nc2ncc(CNc3ccc(C(=O)NC(CCC(=O)O)C(=O)CC(C)C)cc3)nc2c(=O)[nH]1. The summed E-state index contributed by atoms with van der Waals surface area (Å²) in [5.74, 6) is -1.37. The van der Waals surface area contributed by atoms with Gasteiger partial charge in [0.25, 0.3) is 22.9 Å². The summed E-state index contributed by atoms with van der Waals surface area (Å²) in [7, 11) is 0. The molecule has 2 atom stereocenters. The van der Waals surface area contributed by atoms with Crippen LogP contribution in [-0.2, 0) is 32.3 Å². The Morgan fingerprint density at radius 2 is 0.966 bits per heavy atom. The van der Waals surface area contributed by atoms with Gasteiger partial charge in [0, 0.05) is 48.2 Å². The molecule has 22 nitrogen and oxygen atoms in total. The van der Waals surface area contributed by atoms with E-state index < -0.39 is 35.8 Å². The Kier molecular flexibility index (Phi) is 30.0. The first-order valence-corrected chi connectivity index (χ1v) is 30.3. The quantitative estimate of drug-likeness (QED) is 0.0187. The van der Waals surface area contributed by atoms with Crippen LogP contribution < -0.4 is 32.4 Å². The van der Waals surface area contributed by atoms with Crippen molar-refractivity contribution in [2.24, 2.45) is 17.8 Å². The second-order valence-corrected chi connectivity index (χ2v) is 23.7. The number of Topliss-reactive ketones (excluding diaryl/α,β-unsaturated/α-hetero) is 2. The molecule has 22 heteroatoms. The maximum atomic E-state index is 12.7. The van der Waals surface area contributed by atoms with Crippen LogP contribution in [0.15, 0.2) is 105 Å². The Hall–Kier alpha value is -9.08. The van der Waals surface area contributed by atoms with Gasteiger partial charge in [0.05, 0.1) is 42.9 Å². The van der Waals surface area contributed by atoms with E-state index in [1.54, 1.807) is 68.0 Å². The Balaban J connectivity index is 0.000000299. The minimum Gasteiger partial charge on any atom is -0.481 e. The van der Waals surface area contributed by atoms with Gasteiger partial charge in [-0.15, -0.1) is 0 Å². The third-order valence-corrected chi connectivity index (χ3v) is 13.7. The molecule has 478 valence electrons. The molecule has 2 unspecified atom stereocenters. The molecule has 2 aromatic carbocycles. The number of carbonyl (C=O) groups excluding carboxylic acids is 4. The van der Waals surface area contributed by atoms with Crippen LogP contribution in [0.5, 0.6) is 0 Å². The number of ketones is 2. The molecular weight excluding hydrogens is 1130 g/mol. The van der Waals surface area contributed by atoms with Crippen LogP contribution in [0.2, 0.25) is 0 Å². The summed E-state index contributed by atoms with van der Waals surface area (Å²) in [6.45, 7) is 25.0. The van der Waals surface area contributed by atoms with Crippen LogP contribution in [0, 0.1) is 31.6 Å². The highest BCUT2D eigenvalue weighted by Gasteiger charge is 2.24. The highest BCUT2D eigenvalue weighted by atomic mass is 16.4. The van der Waals surface area contributed by atoms with Gasteiger partial charge < -0.3 is 41.4 Å². The first-order valence-electron chi connectivity index (χ1n) is 30.3. The van der Waals surface area contributed by atoms with Crippen molar-refractivity contribution in [3.05, 3.63) is 151 Å². The average Bonchev–Trinajstić information content (AvgIpc) is 1.29. The molecule has 8 N–H and O–H groups in total. The number of benzene rings is 2. The first kappa shape index (κ1) is 72.4. The lowest BCUT2D eigenvalue weighted by Gasteiger charge is -2.18. The summed E-state index contributed by atoms with van der Waals surface area (Å²) in [6.07, 6.45) is 18.2. The van der Waals surface area contributed by atoms with Crippen LogP contribution in [0.1, 0.15) is 190 Å². The number of aromatic nitrogens is 8. The first-order chi connectivity index (χ1) is 42.1. The van der Waals surface area contributed by atoms with Crippen molar-refractivity contribution in [3.63, 3.8) is 0 Å². The molecule has 6 rings (SSSR count). The van der Waals surface area contributed by atoms with Gasteiger partial charge in [-0.05, 0) is 159 Å². The zero-order chi connectivity index (χ0) is 65.7. The van der Waals surface area contributed by atoms with Crippen LogP contribution in [-0.4, -0.2) is 97.5 Å².